The number of halogens is 1. The van der Waals surface area contributed by atoms with Crippen LogP contribution in [-0.4, -0.2) is 58.6 Å². The second-order valence-corrected chi connectivity index (χ2v) is 8.02. The molecule has 0 aliphatic carbocycles. The van der Waals surface area contributed by atoms with Crippen molar-refractivity contribution in [2.24, 2.45) is 0 Å². The molecular formula is C19H26ClN5O2. The van der Waals surface area contributed by atoms with Crippen LogP contribution in [0.15, 0.2) is 30.5 Å². The predicted octanol–water partition coefficient (Wildman–Crippen LogP) is 2.49. The third-order valence-corrected chi connectivity index (χ3v) is 4.96. The van der Waals surface area contributed by atoms with Gasteiger partial charge >= 0.3 is 0 Å². The topological polar surface area (TPSA) is 72.3 Å². The number of ether oxygens (including phenoxy) is 1. The highest BCUT2D eigenvalue weighted by Crippen LogP contribution is 2.27. The summed E-state index contributed by atoms with van der Waals surface area (Å²) >= 11 is 6.43. The normalized spacial score (nSPS) is 16.9. The average molecular weight is 392 g/mol. The van der Waals surface area contributed by atoms with Crippen LogP contribution in [0.5, 0.6) is 0 Å². The predicted molar refractivity (Wildman–Crippen MR) is 104 cm³/mol. The Kier molecular flexibility index (Phi) is 6.14. The molecule has 7 nitrogen and oxygen atoms in total. The van der Waals surface area contributed by atoms with Gasteiger partial charge in [0.2, 0.25) is 0 Å². The van der Waals surface area contributed by atoms with E-state index in [9.17, 15) is 4.79 Å². The summed E-state index contributed by atoms with van der Waals surface area (Å²) in [7, 11) is 0. The maximum Gasteiger partial charge on any atom is 0.273 e. The number of carbonyl (C=O) groups excluding carboxylic acids is 1. The van der Waals surface area contributed by atoms with Crippen molar-refractivity contribution in [1.82, 2.24) is 25.2 Å². The van der Waals surface area contributed by atoms with Gasteiger partial charge in [-0.1, -0.05) is 35.0 Å². The minimum atomic E-state index is -0.240. The van der Waals surface area contributed by atoms with Crippen molar-refractivity contribution in [1.29, 1.82) is 0 Å². The molecule has 1 N–H and O–H groups in total. The lowest BCUT2D eigenvalue weighted by Gasteiger charge is -2.35. The van der Waals surface area contributed by atoms with E-state index in [0.29, 0.717) is 30.5 Å². The van der Waals surface area contributed by atoms with Crippen LogP contribution < -0.4 is 5.32 Å². The summed E-state index contributed by atoms with van der Waals surface area (Å²) in [6.07, 6.45) is 1.68. The van der Waals surface area contributed by atoms with Crippen LogP contribution in [0.1, 0.15) is 42.9 Å². The van der Waals surface area contributed by atoms with Crippen molar-refractivity contribution >= 4 is 17.5 Å². The summed E-state index contributed by atoms with van der Waals surface area (Å²) < 4.78 is 7.15. The van der Waals surface area contributed by atoms with Crippen LogP contribution in [0.3, 0.4) is 0 Å². The molecule has 1 aliphatic rings. The zero-order valence-corrected chi connectivity index (χ0v) is 16.7. The molecule has 1 saturated heterocycles. The number of aromatic nitrogens is 3. The third-order valence-electron chi connectivity index (χ3n) is 4.62. The highest BCUT2D eigenvalue weighted by molar-refractivity contribution is 6.31. The highest BCUT2D eigenvalue weighted by atomic mass is 35.5. The number of amides is 1. The van der Waals surface area contributed by atoms with Crippen molar-refractivity contribution in [3.05, 3.63) is 46.7 Å². The van der Waals surface area contributed by atoms with Gasteiger partial charge in [0, 0.05) is 24.7 Å². The van der Waals surface area contributed by atoms with E-state index in [0.717, 1.165) is 18.7 Å². The number of nitrogens with one attached hydrogen (secondary N) is 1. The molecule has 1 fully saturated rings. The summed E-state index contributed by atoms with van der Waals surface area (Å²) in [6.45, 7) is 9.41. The number of hydrogen-bond donors (Lipinski definition) is 1. The van der Waals surface area contributed by atoms with E-state index in [1.54, 1.807) is 10.9 Å². The van der Waals surface area contributed by atoms with Gasteiger partial charge in [0.25, 0.3) is 5.91 Å². The van der Waals surface area contributed by atoms with Crippen LogP contribution in [0, 0.1) is 0 Å². The Morgan fingerprint density at radius 1 is 1.30 bits per heavy atom. The third kappa shape index (κ3) is 4.86. The van der Waals surface area contributed by atoms with Crippen molar-refractivity contribution in [3.8, 4) is 0 Å². The Morgan fingerprint density at radius 2 is 2.00 bits per heavy atom. The molecule has 1 amide bonds. The Labute approximate surface area is 164 Å². The van der Waals surface area contributed by atoms with Gasteiger partial charge < -0.3 is 10.1 Å². The molecule has 1 atom stereocenters. The molecule has 2 aromatic rings. The number of benzene rings is 1. The molecule has 27 heavy (non-hydrogen) atoms. The van der Waals surface area contributed by atoms with E-state index >= 15 is 0 Å². The summed E-state index contributed by atoms with van der Waals surface area (Å²) in [5, 5.41) is 11.7. The number of morpholine rings is 1. The van der Waals surface area contributed by atoms with Crippen molar-refractivity contribution in [3.63, 3.8) is 0 Å². The summed E-state index contributed by atoms with van der Waals surface area (Å²) in [5.74, 6) is -0.240. The second-order valence-electron chi connectivity index (χ2n) is 7.61. The summed E-state index contributed by atoms with van der Waals surface area (Å²) in [6, 6.07) is 7.73. The van der Waals surface area contributed by atoms with Crippen LogP contribution in [-0.2, 0) is 10.3 Å². The number of hydrogen-bond acceptors (Lipinski definition) is 5. The molecule has 0 saturated carbocycles. The van der Waals surface area contributed by atoms with Gasteiger partial charge in [-0.25, -0.2) is 4.68 Å². The molecule has 8 heteroatoms. The fraction of sp³-hybridized carbons (Fsp3) is 0.526. The minimum absolute atomic E-state index is 0.0239. The first-order valence-electron chi connectivity index (χ1n) is 9.13. The SMILES string of the molecule is CC(C)(C)n1cc(C(=O)NCC(c2ccccc2Cl)N2CCOCC2)nn1. The first-order chi connectivity index (χ1) is 12.9. The standard InChI is InChI=1S/C19H26ClN5O2/c1-19(2,3)25-13-16(22-23-25)18(26)21-12-17(24-8-10-27-11-9-24)14-6-4-5-7-15(14)20/h4-7,13,17H,8-12H2,1-3H3,(H,21,26). The number of carbonyl (C=O) groups is 1. The molecule has 146 valence electrons. The smallest absolute Gasteiger partial charge is 0.273 e. The molecule has 1 aliphatic heterocycles. The molecular weight excluding hydrogens is 366 g/mol. The molecule has 3 rings (SSSR count). The van der Waals surface area contributed by atoms with Gasteiger partial charge in [-0.15, -0.1) is 5.10 Å². The van der Waals surface area contributed by atoms with Gasteiger partial charge in [-0.2, -0.15) is 0 Å². The zero-order chi connectivity index (χ0) is 19.4. The Morgan fingerprint density at radius 3 is 2.63 bits per heavy atom. The van der Waals surface area contributed by atoms with E-state index < -0.39 is 0 Å². The Hall–Kier alpha value is -1.96. The fourth-order valence-electron chi connectivity index (χ4n) is 3.05. The summed E-state index contributed by atoms with van der Waals surface area (Å²) in [5.41, 5.74) is 1.09. The number of nitrogens with zero attached hydrogens (tertiary/aromatic N) is 4. The molecule has 0 spiro atoms. The minimum Gasteiger partial charge on any atom is -0.379 e. The van der Waals surface area contributed by atoms with E-state index in [4.69, 9.17) is 16.3 Å². The van der Waals surface area contributed by atoms with Crippen LogP contribution >= 0.6 is 11.6 Å². The van der Waals surface area contributed by atoms with E-state index in [1.807, 2.05) is 45.0 Å². The lowest BCUT2D eigenvalue weighted by atomic mass is 10.0. The molecule has 1 aromatic carbocycles. The fourth-order valence-corrected chi connectivity index (χ4v) is 3.31. The molecule has 1 aromatic heterocycles. The molecule has 0 radical (unpaired) electrons. The Balaban J connectivity index is 1.73. The maximum absolute atomic E-state index is 12.6. The monoisotopic (exact) mass is 391 g/mol. The van der Waals surface area contributed by atoms with Crippen molar-refractivity contribution in [2.75, 3.05) is 32.8 Å². The van der Waals surface area contributed by atoms with Crippen LogP contribution in [0.4, 0.5) is 0 Å². The first kappa shape index (κ1) is 19.8. The second kappa shape index (κ2) is 8.37. The molecule has 2 heterocycles. The quantitative estimate of drug-likeness (QED) is 0.847. The number of rotatable bonds is 5. The van der Waals surface area contributed by atoms with Gasteiger partial charge in [-0.3, -0.25) is 9.69 Å². The zero-order valence-electron chi connectivity index (χ0n) is 16.0. The van der Waals surface area contributed by atoms with Crippen LogP contribution in [0.25, 0.3) is 0 Å². The average Bonchev–Trinajstić information content (AvgIpc) is 3.15. The lowest BCUT2D eigenvalue weighted by Crippen LogP contribution is -2.44. The summed E-state index contributed by atoms with van der Waals surface area (Å²) in [4.78, 5) is 14.9. The molecule has 0 bridgehead atoms. The van der Waals surface area contributed by atoms with Crippen molar-refractivity contribution in [2.45, 2.75) is 32.4 Å². The van der Waals surface area contributed by atoms with E-state index in [1.165, 1.54) is 0 Å². The first-order valence-corrected chi connectivity index (χ1v) is 9.51. The van der Waals surface area contributed by atoms with Gasteiger partial charge in [-0.05, 0) is 32.4 Å². The van der Waals surface area contributed by atoms with Crippen molar-refractivity contribution < 1.29 is 9.53 Å². The van der Waals surface area contributed by atoms with Gasteiger partial charge in [0.05, 0.1) is 31.0 Å². The molecule has 1 unspecified atom stereocenters. The highest BCUT2D eigenvalue weighted by Gasteiger charge is 2.26. The Bertz CT molecular complexity index is 780. The largest absolute Gasteiger partial charge is 0.379 e. The van der Waals surface area contributed by atoms with E-state index in [2.05, 4.69) is 20.5 Å². The lowest BCUT2D eigenvalue weighted by molar-refractivity contribution is 0.0162. The van der Waals surface area contributed by atoms with Crippen LogP contribution in [0.2, 0.25) is 5.02 Å². The van der Waals surface area contributed by atoms with Gasteiger partial charge in [0.1, 0.15) is 0 Å². The maximum atomic E-state index is 12.6. The van der Waals surface area contributed by atoms with E-state index in [-0.39, 0.29) is 17.5 Å². The van der Waals surface area contributed by atoms with Gasteiger partial charge in [0.15, 0.2) is 5.69 Å².